The molecule has 1 aliphatic heterocycles. The van der Waals surface area contributed by atoms with Crippen LogP contribution in [0.2, 0.25) is 0 Å². The molecule has 0 radical (unpaired) electrons. The van der Waals surface area contributed by atoms with Gasteiger partial charge in [0.2, 0.25) is 5.91 Å². The summed E-state index contributed by atoms with van der Waals surface area (Å²) in [5.41, 5.74) is 0. The highest BCUT2D eigenvalue weighted by Crippen LogP contribution is 2.26. The van der Waals surface area contributed by atoms with E-state index in [4.69, 9.17) is 14.2 Å². The summed E-state index contributed by atoms with van der Waals surface area (Å²) in [7, 11) is 0. The van der Waals surface area contributed by atoms with Gasteiger partial charge in [-0.1, -0.05) is 284 Å². The lowest BCUT2D eigenvalue weighted by atomic mass is 9.99. The number of ether oxygens (including phenoxy) is 3. The van der Waals surface area contributed by atoms with Crippen molar-refractivity contribution in [2.24, 2.45) is 0 Å². The molecule has 8 unspecified atom stereocenters. The molecule has 1 amide bonds. The number of nitrogens with one attached hydrogen (secondary N) is 1. The van der Waals surface area contributed by atoms with E-state index in [1.165, 1.54) is 128 Å². The molecule has 0 aliphatic carbocycles. The number of amides is 1. The van der Waals surface area contributed by atoms with E-state index in [0.29, 0.717) is 12.8 Å². The lowest BCUT2D eigenvalue weighted by Crippen LogP contribution is -2.61. The van der Waals surface area contributed by atoms with Crippen LogP contribution in [0.4, 0.5) is 0 Å². The second kappa shape index (κ2) is 62.5. The van der Waals surface area contributed by atoms with Crippen molar-refractivity contribution in [2.45, 2.75) is 346 Å². The van der Waals surface area contributed by atoms with Gasteiger partial charge in [0.1, 0.15) is 24.4 Å². The van der Waals surface area contributed by atoms with Crippen LogP contribution in [0.25, 0.3) is 0 Å². The third-order valence-corrected chi connectivity index (χ3v) is 16.1. The number of aliphatic hydroxyl groups excluding tert-OH is 5. The molecule has 0 saturated carbocycles. The minimum atomic E-state index is -1.63. The van der Waals surface area contributed by atoms with Crippen molar-refractivity contribution >= 4 is 11.9 Å². The van der Waals surface area contributed by atoms with Gasteiger partial charge in [-0.3, -0.25) is 9.59 Å². The highest BCUT2D eigenvalue weighted by molar-refractivity contribution is 5.80. The van der Waals surface area contributed by atoms with E-state index in [0.717, 1.165) is 122 Å². The number of esters is 1. The molecule has 0 spiro atoms. The molecule has 1 rings (SSSR count). The molecule has 1 heterocycles. The topological polar surface area (TPSA) is 175 Å². The van der Waals surface area contributed by atoms with Gasteiger partial charge in [-0.25, -0.2) is 0 Å². The summed E-state index contributed by atoms with van der Waals surface area (Å²) in [6.45, 7) is 5.73. The first-order chi connectivity index (χ1) is 42.7. The van der Waals surface area contributed by atoms with Gasteiger partial charge in [0.25, 0.3) is 0 Å². The molecule has 0 aromatic carbocycles. The molecule has 6 N–H and O–H groups in total. The molecule has 0 bridgehead atoms. The molecule has 11 nitrogen and oxygen atoms in total. The number of allylic oxidation sites excluding steroid dienone is 17. The first kappa shape index (κ1) is 81.3. The van der Waals surface area contributed by atoms with Crippen molar-refractivity contribution in [3.63, 3.8) is 0 Å². The van der Waals surface area contributed by atoms with Crippen LogP contribution in [0, 0.1) is 0 Å². The van der Waals surface area contributed by atoms with Gasteiger partial charge in [-0.2, -0.15) is 0 Å². The standard InChI is InChI=1S/C76H131NO10/c1-4-7-10-13-16-19-22-24-26-28-30-32-33-34-35-36-38-39-41-43-45-48-51-54-57-60-63-69(80)75(84)77-67(68(79)62-59-56-53-50-47-21-18-15-12-9-6-3)66-85-76-74(73(83)72(82)70(65-78)86-76)87-71(81)64-61-58-55-52-49-46-44-42-40-37-31-29-27-25-23-20-17-14-11-8-5-2/h16-17,19-20,24-27,30-32,34-35,37,42,44,59,62,67-70,72-74,76,78-80,82-83H,4-15,18,21-23,28-29,33,36,38-41,43,45-58,60-61,63-66H2,1-3H3,(H,77,84)/b19-16-,20-17-,26-24-,27-25-,32-30-,35-34-,37-31-,44-42-,62-59+. The lowest BCUT2D eigenvalue weighted by Gasteiger charge is -2.41. The van der Waals surface area contributed by atoms with Crippen LogP contribution in [0.5, 0.6) is 0 Å². The first-order valence-corrected chi connectivity index (χ1v) is 35.7. The number of rotatable bonds is 60. The third kappa shape index (κ3) is 49.7. The van der Waals surface area contributed by atoms with Crippen molar-refractivity contribution in [3.05, 3.63) is 109 Å². The monoisotopic (exact) mass is 1220 g/mol. The van der Waals surface area contributed by atoms with Crippen LogP contribution < -0.4 is 5.32 Å². The minimum absolute atomic E-state index is 0.0976. The molecule has 87 heavy (non-hydrogen) atoms. The van der Waals surface area contributed by atoms with Gasteiger partial charge in [-0.05, 0) is 116 Å². The third-order valence-electron chi connectivity index (χ3n) is 16.1. The fourth-order valence-electron chi connectivity index (χ4n) is 10.5. The zero-order valence-corrected chi connectivity index (χ0v) is 55.6. The Morgan fingerprint density at radius 2 is 0.793 bits per heavy atom. The van der Waals surface area contributed by atoms with Crippen molar-refractivity contribution in [3.8, 4) is 0 Å². The smallest absolute Gasteiger partial charge is 0.306 e. The molecule has 1 aliphatic rings. The highest BCUT2D eigenvalue weighted by atomic mass is 16.7. The van der Waals surface area contributed by atoms with Crippen LogP contribution in [0.1, 0.15) is 297 Å². The zero-order valence-electron chi connectivity index (χ0n) is 55.6. The number of unbranched alkanes of at least 4 members (excludes halogenated alkanes) is 30. The summed E-state index contributed by atoms with van der Waals surface area (Å²) < 4.78 is 17.7. The molecular weight excluding hydrogens is 1090 g/mol. The van der Waals surface area contributed by atoms with Gasteiger partial charge in [0.15, 0.2) is 12.4 Å². The maximum atomic E-state index is 13.5. The van der Waals surface area contributed by atoms with Crippen LogP contribution >= 0.6 is 0 Å². The number of hydrogen-bond donors (Lipinski definition) is 6. The molecule has 0 aromatic heterocycles. The Bertz CT molecular complexity index is 1830. The van der Waals surface area contributed by atoms with E-state index >= 15 is 0 Å². The minimum Gasteiger partial charge on any atom is -0.454 e. The van der Waals surface area contributed by atoms with E-state index in [9.17, 15) is 35.1 Å². The van der Waals surface area contributed by atoms with Crippen molar-refractivity contribution in [1.82, 2.24) is 5.32 Å². The predicted molar refractivity (Wildman–Crippen MR) is 365 cm³/mol. The van der Waals surface area contributed by atoms with Crippen LogP contribution in [0.3, 0.4) is 0 Å². The average Bonchev–Trinajstić information content (AvgIpc) is 1.30. The van der Waals surface area contributed by atoms with Gasteiger partial charge < -0.3 is 45.1 Å². The van der Waals surface area contributed by atoms with Gasteiger partial charge >= 0.3 is 5.97 Å². The Morgan fingerprint density at radius 3 is 1.21 bits per heavy atom. The Labute approximate surface area is 532 Å². The lowest BCUT2D eigenvalue weighted by molar-refractivity contribution is -0.305. The van der Waals surface area contributed by atoms with E-state index in [1.54, 1.807) is 6.08 Å². The summed E-state index contributed by atoms with van der Waals surface area (Å²) in [6.07, 6.45) is 75.5. The van der Waals surface area contributed by atoms with Gasteiger partial charge in [0.05, 0.1) is 25.4 Å². The van der Waals surface area contributed by atoms with Crippen molar-refractivity contribution < 1.29 is 49.3 Å². The maximum absolute atomic E-state index is 13.5. The predicted octanol–water partition coefficient (Wildman–Crippen LogP) is 18.4. The SMILES string of the molecule is CCCCC/C=C\C/C=C\C/C=C\C/C=C\CCCCCCCCCCCCC(O)C(=O)NC(COC1OC(CO)C(O)C(O)C1OC(=O)CCCCCCC/C=C\C/C=C\C/C=C\C/C=C\CCCCC)C(O)/C=C/CCCCCCCCCCC. The second-order valence-corrected chi connectivity index (χ2v) is 24.3. The van der Waals surface area contributed by atoms with Crippen LogP contribution in [-0.4, -0.2) is 99.6 Å². The average molecular weight is 1220 g/mol. The summed E-state index contributed by atoms with van der Waals surface area (Å²) in [6, 6.07) is -1.04. The second-order valence-electron chi connectivity index (χ2n) is 24.3. The molecule has 0 aromatic rings. The molecular formula is C76H131NO10. The Hall–Kier alpha value is -3.68. The molecule has 1 fully saturated rings. The summed E-state index contributed by atoms with van der Waals surface area (Å²) in [4.78, 5) is 26.7. The fraction of sp³-hybridized carbons (Fsp3) is 0.737. The largest absolute Gasteiger partial charge is 0.454 e. The van der Waals surface area contributed by atoms with E-state index in [-0.39, 0.29) is 19.4 Å². The van der Waals surface area contributed by atoms with Crippen LogP contribution in [0.15, 0.2) is 109 Å². The maximum Gasteiger partial charge on any atom is 0.306 e. The number of carbonyl (C=O) groups is 2. The first-order valence-electron chi connectivity index (χ1n) is 35.7. The molecule has 11 heteroatoms. The van der Waals surface area contributed by atoms with Crippen molar-refractivity contribution in [1.29, 1.82) is 0 Å². The van der Waals surface area contributed by atoms with Gasteiger partial charge in [-0.15, -0.1) is 0 Å². The number of hydrogen-bond acceptors (Lipinski definition) is 10. The van der Waals surface area contributed by atoms with E-state index < -0.39 is 67.4 Å². The molecule has 500 valence electrons. The Kier molecular flexibility index (Phi) is 58.4. The quantitative estimate of drug-likeness (QED) is 0.0195. The van der Waals surface area contributed by atoms with Crippen molar-refractivity contribution in [2.75, 3.05) is 13.2 Å². The highest BCUT2D eigenvalue weighted by Gasteiger charge is 2.47. The summed E-state index contributed by atoms with van der Waals surface area (Å²) in [5, 5.41) is 57.2. The normalized spacial score (nSPS) is 18.9. The Morgan fingerprint density at radius 1 is 0.448 bits per heavy atom. The van der Waals surface area contributed by atoms with E-state index in [1.807, 2.05) is 6.08 Å². The van der Waals surface area contributed by atoms with E-state index in [2.05, 4.69) is 123 Å². The molecule has 8 atom stereocenters. The fourth-order valence-corrected chi connectivity index (χ4v) is 10.5. The number of aliphatic hydroxyl groups is 5. The number of carbonyl (C=O) groups excluding carboxylic acids is 2. The Balaban J connectivity index is 2.58. The van der Waals surface area contributed by atoms with Crippen LogP contribution in [-0.2, 0) is 23.8 Å². The summed E-state index contributed by atoms with van der Waals surface area (Å²) >= 11 is 0. The van der Waals surface area contributed by atoms with Gasteiger partial charge in [0, 0.05) is 6.42 Å². The molecule has 1 saturated heterocycles. The zero-order chi connectivity index (χ0) is 63.1. The summed E-state index contributed by atoms with van der Waals surface area (Å²) in [5.74, 6) is -1.22.